The molecule has 3 aliphatic carbocycles. The summed E-state index contributed by atoms with van der Waals surface area (Å²) in [5, 5.41) is 0. The number of rotatable bonds is 6. The Hall–Kier alpha value is -0.950. The average molecular weight is 427 g/mol. The zero-order valence-electron chi connectivity index (χ0n) is 18.7. The number of hydrogen-bond acceptors (Lipinski definition) is 5. The van der Waals surface area contributed by atoms with E-state index in [1.54, 1.807) is 0 Å². The van der Waals surface area contributed by atoms with Crippen molar-refractivity contribution >= 4 is 21.7 Å². The van der Waals surface area contributed by atoms with Crippen molar-refractivity contribution in [3.8, 4) is 0 Å². The molecule has 3 fully saturated rings. The van der Waals surface area contributed by atoms with Crippen LogP contribution in [0.25, 0.3) is 0 Å². The standard InChI is InChI=1S/C22H38N2O4S/c1-20(2,3)28-19(25)14-23-18-13-16-11-12-22(18,21(16,4)5)15-29(26,27)24-17-9-7-6-8-10-17/h16-17,24H,6-15H2,1-5H3/t16-,22-/m1/s1. The molecule has 3 rings (SSSR count). The van der Waals surface area contributed by atoms with E-state index in [4.69, 9.17) is 4.74 Å². The molecule has 0 aliphatic heterocycles. The van der Waals surface area contributed by atoms with E-state index in [2.05, 4.69) is 23.6 Å². The average Bonchev–Trinajstić information content (AvgIpc) is 2.93. The van der Waals surface area contributed by atoms with E-state index in [0.717, 1.165) is 50.7 Å². The summed E-state index contributed by atoms with van der Waals surface area (Å²) in [6.45, 7) is 9.83. The third-order valence-electron chi connectivity index (χ3n) is 7.37. The predicted molar refractivity (Wildman–Crippen MR) is 115 cm³/mol. The fourth-order valence-corrected chi connectivity index (χ4v) is 7.89. The van der Waals surface area contributed by atoms with Crippen molar-refractivity contribution in [2.24, 2.45) is 21.7 Å². The van der Waals surface area contributed by atoms with Crippen LogP contribution in [0.5, 0.6) is 0 Å². The summed E-state index contributed by atoms with van der Waals surface area (Å²) in [4.78, 5) is 16.8. The first-order valence-corrected chi connectivity index (χ1v) is 12.8. The molecular weight excluding hydrogens is 388 g/mol. The maximum Gasteiger partial charge on any atom is 0.328 e. The molecule has 0 radical (unpaired) electrons. The molecule has 0 unspecified atom stereocenters. The van der Waals surface area contributed by atoms with Crippen molar-refractivity contribution in [3.63, 3.8) is 0 Å². The van der Waals surface area contributed by atoms with Crippen LogP contribution in [0.4, 0.5) is 0 Å². The lowest BCUT2D eigenvalue weighted by molar-refractivity contribution is -0.152. The van der Waals surface area contributed by atoms with E-state index >= 15 is 0 Å². The molecule has 0 heterocycles. The Morgan fingerprint density at radius 1 is 1.17 bits per heavy atom. The largest absolute Gasteiger partial charge is 0.459 e. The molecular formula is C22H38N2O4S. The highest BCUT2D eigenvalue weighted by molar-refractivity contribution is 7.89. The molecule has 0 spiro atoms. The van der Waals surface area contributed by atoms with E-state index in [9.17, 15) is 13.2 Å². The van der Waals surface area contributed by atoms with E-state index in [1.165, 1.54) is 6.42 Å². The molecule has 166 valence electrons. The number of carbonyl (C=O) groups is 1. The van der Waals surface area contributed by atoms with Gasteiger partial charge in [0.15, 0.2) is 0 Å². The molecule has 3 saturated carbocycles. The number of esters is 1. The molecule has 0 amide bonds. The zero-order valence-corrected chi connectivity index (χ0v) is 19.5. The fourth-order valence-electron chi connectivity index (χ4n) is 5.73. The van der Waals surface area contributed by atoms with Gasteiger partial charge in [0.25, 0.3) is 0 Å². The van der Waals surface area contributed by atoms with Crippen LogP contribution in [0.3, 0.4) is 0 Å². The van der Waals surface area contributed by atoms with E-state index < -0.39 is 21.0 Å². The second kappa shape index (κ2) is 7.95. The number of nitrogens with zero attached hydrogens (tertiary/aromatic N) is 1. The number of sulfonamides is 1. The highest BCUT2D eigenvalue weighted by atomic mass is 32.2. The predicted octanol–water partition coefficient (Wildman–Crippen LogP) is 3.85. The van der Waals surface area contributed by atoms with Gasteiger partial charge in [0.1, 0.15) is 12.1 Å². The number of aliphatic imine (C=N–C) groups is 1. The van der Waals surface area contributed by atoms with Crippen molar-refractivity contribution in [2.45, 2.75) is 97.6 Å². The van der Waals surface area contributed by atoms with E-state index in [1.807, 2.05) is 20.8 Å². The van der Waals surface area contributed by atoms with Crippen molar-refractivity contribution < 1.29 is 17.9 Å². The molecule has 3 aliphatic rings. The Morgan fingerprint density at radius 3 is 2.41 bits per heavy atom. The van der Waals surface area contributed by atoms with Gasteiger partial charge < -0.3 is 4.74 Å². The monoisotopic (exact) mass is 426 g/mol. The molecule has 0 saturated heterocycles. The van der Waals surface area contributed by atoms with Gasteiger partial charge in [0, 0.05) is 17.2 Å². The van der Waals surface area contributed by atoms with Gasteiger partial charge in [-0.1, -0.05) is 33.1 Å². The molecule has 0 aromatic heterocycles. The second-order valence-corrected chi connectivity index (χ2v) is 12.6. The smallest absolute Gasteiger partial charge is 0.328 e. The summed E-state index contributed by atoms with van der Waals surface area (Å²) >= 11 is 0. The van der Waals surface area contributed by atoms with Gasteiger partial charge in [-0.05, 0) is 64.2 Å². The van der Waals surface area contributed by atoms with Gasteiger partial charge in [-0.15, -0.1) is 0 Å². The Morgan fingerprint density at radius 2 is 1.83 bits per heavy atom. The first-order valence-electron chi connectivity index (χ1n) is 11.1. The van der Waals surface area contributed by atoms with E-state index in [0.29, 0.717) is 5.92 Å². The first-order chi connectivity index (χ1) is 13.3. The first kappa shape index (κ1) is 22.7. The molecule has 6 nitrogen and oxygen atoms in total. The third-order valence-corrected chi connectivity index (χ3v) is 8.94. The van der Waals surface area contributed by atoms with Crippen LogP contribution >= 0.6 is 0 Å². The third kappa shape index (κ3) is 4.87. The molecule has 7 heteroatoms. The quantitative estimate of drug-likeness (QED) is 0.654. The van der Waals surface area contributed by atoms with Crippen molar-refractivity contribution in [1.29, 1.82) is 0 Å². The maximum atomic E-state index is 13.1. The number of fused-ring (bicyclic) bond motifs is 2. The minimum atomic E-state index is -3.43. The van der Waals surface area contributed by atoms with E-state index in [-0.39, 0.29) is 29.7 Å². The molecule has 2 atom stereocenters. The van der Waals surface area contributed by atoms with Gasteiger partial charge in [0.05, 0.1) is 5.75 Å². The SMILES string of the molecule is CC(C)(C)OC(=O)CN=C1C[C@H]2CC[C@]1(CS(=O)(=O)NC1CCCCC1)C2(C)C. The van der Waals surface area contributed by atoms with Gasteiger partial charge in [-0.25, -0.2) is 13.1 Å². The molecule has 0 aromatic carbocycles. The van der Waals surface area contributed by atoms with Crippen LogP contribution in [0.1, 0.15) is 86.0 Å². The van der Waals surface area contributed by atoms with Crippen LogP contribution in [0.2, 0.25) is 0 Å². The van der Waals surface area contributed by atoms with Crippen LogP contribution in [0.15, 0.2) is 4.99 Å². The minimum absolute atomic E-state index is 0.0345. The summed E-state index contributed by atoms with van der Waals surface area (Å²) in [5.41, 5.74) is -0.268. The highest BCUT2D eigenvalue weighted by Crippen LogP contribution is 2.64. The lowest BCUT2D eigenvalue weighted by Crippen LogP contribution is -2.48. The lowest BCUT2D eigenvalue weighted by atomic mass is 9.70. The van der Waals surface area contributed by atoms with Crippen LogP contribution in [-0.2, 0) is 19.6 Å². The summed E-state index contributed by atoms with van der Waals surface area (Å²) in [6, 6.07) is 0.0639. The number of hydrogen-bond donors (Lipinski definition) is 1. The molecule has 2 bridgehead atoms. The summed E-state index contributed by atoms with van der Waals surface area (Å²) in [6.07, 6.45) is 7.87. The summed E-state index contributed by atoms with van der Waals surface area (Å²) in [7, 11) is -3.43. The Labute approximate surface area is 176 Å². The van der Waals surface area contributed by atoms with Gasteiger partial charge in [-0.2, -0.15) is 0 Å². The lowest BCUT2D eigenvalue weighted by Gasteiger charge is -2.38. The Bertz CT molecular complexity index is 760. The second-order valence-electron chi connectivity index (χ2n) is 10.8. The van der Waals surface area contributed by atoms with Crippen molar-refractivity contribution in [1.82, 2.24) is 4.72 Å². The Kier molecular flexibility index (Phi) is 6.23. The fraction of sp³-hybridized carbons (Fsp3) is 0.909. The highest BCUT2D eigenvalue weighted by Gasteiger charge is 2.63. The zero-order chi connectivity index (χ0) is 21.5. The number of carbonyl (C=O) groups excluding carboxylic acids is 1. The van der Waals surface area contributed by atoms with Crippen molar-refractivity contribution in [3.05, 3.63) is 0 Å². The maximum absolute atomic E-state index is 13.1. The molecule has 0 aromatic rings. The normalized spacial score (nSPS) is 31.3. The van der Waals surface area contributed by atoms with Gasteiger partial charge in [0.2, 0.25) is 10.0 Å². The Balaban J connectivity index is 1.78. The molecule has 29 heavy (non-hydrogen) atoms. The molecule has 1 N–H and O–H groups in total. The van der Waals surface area contributed by atoms with Gasteiger partial charge in [-0.3, -0.25) is 9.79 Å². The summed E-state index contributed by atoms with van der Waals surface area (Å²) < 4.78 is 34.6. The number of ether oxygens (including phenoxy) is 1. The van der Waals surface area contributed by atoms with Crippen molar-refractivity contribution in [2.75, 3.05) is 12.3 Å². The van der Waals surface area contributed by atoms with Gasteiger partial charge >= 0.3 is 5.97 Å². The minimum Gasteiger partial charge on any atom is -0.459 e. The van der Waals surface area contributed by atoms with Crippen LogP contribution in [-0.4, -0.2) is 44.0 Å². The number of nitrogens with one attached hydrogen (secondary N) is 1. The van der Waals surface area contributed by atoms with Crippen LogP contribution < -0.4 is 4.72 Å². The van der Waals surface area contributed by atoms with Crippen LogP contribution in [0, 0.1) is 16.7 Å². The topological polar surface area (TPSA) is 84.8 Å². The summed E-state index contributed by atoms with van der Waals surface area (Å²) in [5.74, 6) is 0.140.